The highest BCUT2D eigenvalue weighted by molar-refractivity contribution is 9.10. The number of nitrogens with one attached hydrogen (secondary N) is 1. The number of halogens is 5. The lowest BCUT2D eigenvalue weighted by atomic mass is 10.1. The van der Waals surface area contributed by atoms with Gasteiger partial charge in [-0.05, 0) is 46.3 Å². The maximum Gasteiger partial charge on any atom is 0.416 e. The minimum absolute atomic E-state index is 0.0827. The first kappa shape index (κ1) is 15.4. The molecular weight excluding hydrogens is 356 g/mol. The first-order valence-electron chi connectivity index (χ1n) is 5.57. The fraction of sp³-hybridized carbons (Fsp3) is 0.0769. The number of carbonyl (C=O) groups is 1. The van der Waals surface area contributed by atoms with Gasteiger partial charge in [0.25, 0.3) is 5.91 Å². The van der Waals surface area contributed by atoms with Crippen LogP contribution in [0.3, 0.4) is 0 Å². The molecule has 0 aliphatic heterocycles. The Kier molecular flexibility index (Phi) is 4.26. The summed E-state index contributed by atoms with van der Waals surface area (Å²) in [6.45, 7) is 0. The molecule has 0 saturated heterocycles. The number of hydrogen-bond acceptors (Lipinski definition) is 2. The van der Waals surface area contributed by atoms with Gasteiger partial charge in [0.2, 0.25) is 0 Å². The predicted octanol–water partition coefficient (Wildman–Crippen LogP) is 4.25. The molecule has 2 rings (SSSR count). The van der Waals surface area contributed by atoms with Gasteiger partial charge in [0, 0.05) is 6.20 Å². The molecule has 0 bridgehead atoms. The second-order valence-electron chi connectivity index (χ2n) is 3.98. The third kappa shape index (κ3) is 3.57. The molecule has 0 unspecified atom stereocenters. The molecule has 1 aromatic carbocycles. The molecule has 1 aromatic heterocycles. The van der Waals surface area contributed by atoms with Crippen molar-refractivity contribution in [2.24, 2.45) is 0 Å². The van der Waals surface area contributed by atoms with Gasteiger partial charge in [0.15, 0.2) is 0 Å². The number of amides is 1. The topological polar surface area (TPSA) is 42.0 Å². The van der Waals surface area contributed by atoms with Crippen molar-refractivity contribution in [3.8, 4) is 0 Å². The number of pyridine rings is 1. The van der Waals surface area contributed by atoms with Crippen LogP contribution in [0, 0.1) is 5.82 Å². The number of benzene rings is 1. The molecule has 8 heteroatoms. The molecule has 2 aromatic rings. The van der Waals surface area contributed by atoms with Crippen LogP contribution in [0.1, 0.15) is 15.9 Å². The van der Waals surface area contributed by atoms with Crippen molar-refractivity contribution in [1.82, 2.24) is 4.98 Å². The van der Waals surface area contributed by atoms with Crippen molar-refractivity contribution >= 4 is 27.7 Å². The van der Waals surface area contributed by atoms with Crippen LogP contribution in [0.15, 0.2) is 41.0 Å². The number of nitrogens with zero attached hydrogens (tertiary/aromatic N) is 1. The molecule has 0 spiro atoms. The molecule has 0 atom stereocenters. The molecule has 0 aliphatic rings. The molecule has 110 valence electrons. The van der Waals surface area contributed by atoms with E-state index < -0.39 is 29.0 Å². The van der Waals surface area contributed by atoms with Gasteiger partial charge in [-0.2, -0.15) is 13.2 Å². The van der Waals surface area contributed by atoms with Crippen molar-refractivity contribution in [3.05, 3.63) is 57.9 Å². The minimum atomic E-state index is -4.66. The van der Waals surface area contributed by atoms with Crippen molar-refractivity contribution < 1.29 is 22.4 Å². The van der Waals surface area contributed by atoms with Gasteiger partial charge in [-0.25, -0.2) is 9.37 Å². The second-order valence-corrected chi connectivity index (χ2v) is 4.83. The van der Waals surface area contributed by atoms with Gasteiger partial charge >= 0.3 is 6.18 Å². The Balaban J connectivity index is 2.33. The zero-order chi connectivity index (χ0) is 15.6. The Morgan fingerprint density at radius 3 is 2.57 bits per heavy atom. The first-order chi connectivity index (χ1) is 9.79. The molecule has 0 saturated carbocycles. The number of hydrogen-bond donors (Lipinski definition) is 1. The molecule has 1 amide bonds. The lowest BCUT2D eigenvalue weighted by Gasteiger charge is -2.10. The molecule has 3 nitrogen and oxygen atoms in total. The molecule has 0 fully saturated rings. The maximum absolute atomic E-state index is 13.6. The highest BCUT2D eigenvalue weighted by atomic mass is 79.9. The van der Waals surface area contributed by atoms with Crippen LogP contribution in [0.4, 0.5) is 23.4 Å². The highest BCUT2D eigenvalue weighted by Gasteiger charge is 2.32. The lowest BCUT2D eigenvalue weighted by molar-refractivity contribution is -0.137. The van der Waals surface area contributed by atoms with Gasteiger partial charge in [0.05, 0.1) is 15.6 Å². The van der Waals surface area contributed by atoms with E-state index >= 15 is 0 Å². The Morgan fingerprint density at radius 2 is 1.95 bits per heavy atom. The summed E-state index contributed by atoms with van der Waals surface area (Å²) < 4.78 is 51.7. The zero-order valence-electron chi connectivity index (χ0n) is 10.2. The number of aromatic nitrogens is 1. The van der Waals surface area contributed by atoms with E-state index in [1.54, 1.807) is 12.1 Å². The molecule has 1 N–H and O–H groups in total. The summed E-state index contributed by atoms with van der Waals surface area (Å²) in [5.41, 5.74) is -1.81. The van der Waals surface area contributed by atoms with E-state index in [0.717, 1.165) is 0 Å². The van der Waals surface area contributed by atoms with Crippen LogP contribution in [0.2, 0.25) is 0 Å². The van der Waals surface area contributed by atoms with Crippen molar-refractivity contribution in [1.29, 1.82) is 0 Å². The number of alkyl halides is 3. The Hall–Kier alpha value is -1.96. The number of carbonyl (C=O) groups excluding carboxylic acids is 1. The van der Waals surface area contributed by atoms with E-state index in [2.05, 4.69) is 26.2 Å². The predicted molar refractivity (Wildman–Crippen MR) is 71.3 cm³/mol. The van der Waals surface area contributed by atoms with Crippen LogP contribution in [0.5, 0.6) is 0 Å². The van der Waals surface area contributed by atoms with Gasteiger partial charge in [-0.15, -0.1) is 0 Å². The summed E-state index contributed by atoms with van der Waals surface area (Å²) in [7, 11) is 0. The van der Waals surface area contributed by atoms with Crippen molar-refractivity contribution in [2.45, 2.75) is 6.18 Å². The Bertz CT molecular complexity index is 688. The standard InChI is InChI=1S/C13H7BrF4N2O/c14-9-2-1-5-19-11(9)20-12(21)8-6-7(13(16,17)18)3-4-10(8)15/h1-6H,(H,19,20,21). The molecular formula is C13H7BrF4N2O. The van der Waals surface area contributed by atoms with Gasteiger partial charge in [-0.1, -0.05) is 0 Å². The third-order valence-corrected chi connectivity index (χ3v) is 3.17. The third-order valence-electron chi connectivity index (χ3n) is 2.53. The van der Waals surface area contributed by atoms with Gasteiger partial charge in [-0.3, -0.25) is 4.79 Å². The normalized spacial score (nSPS) is 11.3. The SMILES string of the molecule is O=C(Nc1ncccc1Br)c1cc(C(F)(F)F)ccc1F. The van der Waals surface area contributed by atoms with Crippen LogP contribution in [-0.2, 0) is 6.18 Å². The van der Waals surface area contributed by atoms with Crippen LogP contribution < -0.4 is 5.32 Å². The summed E-state index contributed by atoms with van der Waals surface area (Å²) in [6.07, 6.45) is -3.28. The van der Waals surface area contributed by atoms with E-state index in [4.69, 9.17) is 0 Å². The highest BCUT2D eigenvalue weighted by Crippen LogP contribution is 2.30. The number of rotatable bonds is 2. The van der Waals surface area contributed by atoms with E-state index in [9.17, 15) is 22.4 Å². The van der Waals surface area contributed by atoms with Crippen LogP contribution in [-0.4, -0.2) is 10.9 Å². The summed E-state index contributed by atoms with van der Waals surface area (Å²) in [6, 6.07) is 4.80. The maximum atomic E-state index is 13.6. The summed E-state index contributed by atoms with van der Waals surface area (Å²) in [5, 5.41) is 2.24. The van der Waals surface area contributed by atoms with Gasteiger partial charge in [0.1, 0.15) is 11.6 Å². The van der Waals surface area contributed by atoms with Crippen molar-refractivity contribution in [3.63, 3.8) is 0 Å². The van der Waals surface area contributed by atoms with Gasteiger partial charge < -0.3 is 5.32 Å². The quantitative estimate of drug-likeness (QED) is 0.811. The lowest BCUT2D eigenvalue weighted by Crippen LogP contribution is -2.16. The Morgan fingerprint density at radius 1 is 1.24 bits per heavy atom. The van der Waals surface area contributed by atoms with E-state index in [1.807, 2.05) is 0 Å². The summed E-state index contributed by atoms with van der Waals surface area (Å²) in [5.74, 6) is -1.98. The molecule has 0 radical (unpaired) electrons. The molecule has 0 aliphatic carbocycles. The average molecular weight is 363 g/mol. The summed E-state index contributed by atoms with van der Waals surface area (Å²) >= 11 is 3.11. The molecule has 1 heterocycles. The molecule has 21 heavy (non-hydrogen) atoms. The average Bonchev–Trinajstić information content (AvgIpc) is 2.40. The fourth-order valence-corrected chi connectivity index (χ4v) is 1.88. The fourth-order valence-electron chi connectivity index (χ4n) is 1.53. The monoisotopic (exact) mass is 362 g/mol. The van der Waals surface area contributed by atoms with E-state index in [0.29, 0.717) is 22.7 Å². The Labute approximate surface area is 125 Å². The first-order valence-corrected chi connectivity index (χ1v) is 6.37. The minimum Gasteiger partial charge on any atom is -0.306 e. The van der Waals surface area contributed by atoms with Crippen molar-refractivity contribution in [2.75, 3.05) is 5.32 Å². The smallest absolute Gasteiger partial charge is 0.306 e. The van der Waals surface area contributed by atoms with E-state index in [1.165, 1.54) is 6.20 Å². The van der Waals surface area contributed by atoms with E-state index in [-0.39, 0.29) is 5.82 Å². The second kappa shape index (κ2) is 5.80. The van der Waals surface area contributed by atoms with Crippen LogP contribution >= 0.6 is 15.9 Å². The summed E-state index contributed by atoms with van der Waals surface area (Å²) in [4.78, 5) is 15.7. The van der Waals surface area contributed by atoms with Crippen LogP contribution in [0.25, 0.3) is 0 Å². The largest absolute Gasteiger partial charge is 0.416 e. The number of anilines is 1. The zero-order valence-corrected chi connectivity index (χ0v) is 11.8.